The summed E-state index contributed by atoms with van der Waals surface area (Å²) in [7, 11) is -1.82. The molecule has 1 aromatic heterocycles. The molecule has 1 aliphatic rings. The van der Waals surface area contributed by atoms with Crippen molar-refractivity contribution in [2.24, 2.45) is 0 Å². The second-order valence-electron chi connectivity index (χ2n) is 12.3. The zero-order valence-corrected chi connectivity index (χ0v) is 27.8. The lowest BCUT2D eigenvalue weighted by Crippen LogP contribution is -2.43. The number of aliphatic hydroxyl groups excluding tert-OH is 2. The molecule has 1 saturated heterocycles. The van der Waals surface area contributed by atoms with Crippen LogP contribution < -0.4 is 4.72 Å². The zero-order valence-electron chi connectivity index (χ0n) is 27.0. The fraction of sp³-hybridized carbons (Fsp3) is 0.289. The van der Waals surface area contributed by atoms with E-state index in [4.69, 9.17) is 9.47 Å². The second kappa shape index (κ2) is 15.0. The van der Waals surface area contributed by atoms with Gasteiger partial charge in [0.15, 0.2) is 6.29 Å². The first kappa shape index (κ1) is 33.9. The lowest BCUT2D eigenvalue weighted by Gasteiger charge is -2.39. The van der Waals surface area contributed by atoms with Crippen molar-refractivity contribution < 1.29 is 28.1 Å². The highest BCUT2D eigenvalue weighted by molar-refractivity contribution is 7.89. The van der Waals surface area contributed by atoms with Gasteiger partial charge in [-0.1, -0.05) is 97.1 Å². The Bertz CT molecular complexity index is 1900. The van der Waals surface area contributed by atoms with Crippen molar-refractivity contribution in [1.29, 1.82) is 0 Å². The van der Waals surface area contributed by atoms with Crippen LogP contribution in [0.15, 0.2) is 120 Å². The average molecular weight is 668 g/mol. The van der Waals surface area contributed by atoms with Gasteiger partial charge in [-0.3, -0.25) is 9.88 Å². The third-order valence-corrected chi connectivity index (χ3v) is 10.4. The van der Waals surface area contributed by atoms with Gasteiger partial charge in [0.25, 0.3) is 0 Å². The first-order chi connectivity index (χ1) is 23.2. The van der Waals surface area contributed by atoms with Crippen molar-refractivity contribution in [2.75, 3.05) is 13.6 Å². The summed E-state index contributed by atoms with van der Waals surface area (Å²) in [6.07, 6.45) is 0.405. The van der Waals surface area contributed by atoms with Gasteiger partial charge in [-0.2, -0.15) is 0 Å². The third kappa shape index (κ3) is 7.82. The molecule has 10 heteroatoms. The molecule has 9 nitrogen and oxygen atoms in total. The summed E-state index contributed by atoms with van der Waals surface area (Å²) in [6, 6.07) is 33.5. The Balaban J connectivity index is 1.16. The molecular weight excluding hydrogens is 627 g/mol. The Morgan fingerprint density at radius 1 is 0.875 bits per heavy atom. The van der Waals surface area contributed by atoms with Crippen LogP contribution in [0.1, 0.15) is 59.7 Å². The van der Waals surface area contributed by atoms with Gasteiger partial charge in [0.05, 0.1) is 30.4 Å². The topological polar surface area (TPSA) is 121 Å². The minimum atomic E-state index is -3.81. The number of benzene rings is 4. The predicted octanol–water partition coefficient (Wildman–Crippen LogP) is 5.80. The van der Waals surface area contributed by atoms with Crippen molar-refractivity contribution in [2.45, 2.75) is 62.0 Å². The Labute approximate surface area is 281 Å². The smallest absolute Gasteiger partial charge is 0.243 e. The monoisotopic (exact) mass is 667 g/mol. The number of aliphatic hydroxyl groups is 2. The largest absolute Gasteiger partial charge is 0.392 e. The standard InChI is InChI=1S/C38H41N3O6S/c1-26(37(43)31-8-4-3-5-9-31)41(2)24-33-22-34(29-17-15-28(25-42)16-18-29)47-38(46-33)32-19-13-27(14-20-32)23-40-48(44,45)35-12-6-10-30-11-7-21-39-36(30)35/h3-21,26,33-34,37-38,40,42-43H,22-25H2,1-2H3/t26-,33-,34+,37-,38?/m0/s1. The number of pyridine rings is 1. The summed E-state index contributed by atoms with van der Waals surface area (Å²) in [5, 5.41) is 21.3. The number of hydrogen-bond donors (Lipinski definition) is 3. The molecule has 2 heterocycles. The van der Waals surface area contributed by atoms with Gasteiger partial charge in [0.1, 0.15) is 4.90 Å². The van der Waals surface area contributed by atoms with Crippen molar-refractivity contribution >= 4 is 20.9 Å². The van der Waals surface area contributed by atoms with E-state index in [9.17, 15) is 18.6 Å². The minimum absolute atomic E-state index is 0.0338. The van der Waals surface area contributed by atoms with E-state index in [1.807, 2.05) is 105 Å². The van der Waals surface area contributed by atoms with Gasteiger partial charge in [-0.05, 0) is 48.4 Å². The van der Waals surface area contributed by atoms with E-state index in [0.717, 1.165) is 33.2 Å². The number of sulfonamides is 1. The van der Waals surface area contributed by atoms with E-state index >= 15 is 0 Å². The Hall–Kier alpha value is -4.00. The maximum atomic E-state index is 13.2. The molecule has 1 aliphatic heterocycles. The number of para-hydroxylation sites is 1. The molecule has 0 amide bonds. The fourth-order valence-electron chi connectivity index (χ4n) is 6.03. The van der Waals surface area contributed by atoms with Gasteiger partial charge in [-0.25, -0.2) is 13.1 Å². The molecule has 250 valence electrons. The van der Waals surface area contributed by atoms with Crippen molar-refractivity contribution in [1.82, 2.24) is 14.6 Å². The predicted molar refractivity (Wildman–Crippen MR) is 184 cm³/mol. The molecule has 0 aliphatic carbocycles. The summed E-state index contributed by atoms with van der Waals surface area (Å²) < 4.78 is 42.2. The number of fused-ring (bicyclic) bond motifs is 1. The Kier molecular flexibility index (Phi) is 10.6. The molecule has 0 saturated carbocycles. The molecule has 1 fully saturated rings. The highest BCUT2D eigenvalue weighted by Gasteiger charge is 2.34. The number of likely N-dealkylation sites (N-methyl/N-ethyl adjacent to an activating group) is 1. The van der Waals surface area contributed by atoms with Crippen LogP contribution >= 0.6 is 0 Å². The molecule has 5 aromatic rings. The molecular formula is C38H41N3O6S. The van der Waals surface area contributed by atoms with Gasteiger partial charge in [0, 0.05) is 42.7 Å². The molecule has 5 atom stereocenters. The molecule has 1 unspecified atom stereocenters. The summed E-state index contributed by atoms with van der Waals surface area (Å²) >= 11 is 0. The SMILES string of the molecule is C[C@@H]([C@H](O)c1ccccc1)N(C)C[C@@H]1C[C@H](c2ccc(CO)cc2)OC(c2ccc(CNS(=O)(=O)c3cccc4cccnc34)cc2)O1. The third-order valence-electron chi connectivity index (χ3n) is 9.00. The quantitative estimate of drug-likeness (QED) is 0.153. The van der Waals surface area contributed by atoms with Crippen LogP contribution in [0, 0.1) is 0 Å². The highest BCUT2D eigenvalue weighted by Crippen LogP contribution is 2.38. The highest BCUT2D eigenvalue weighted by atomic mass is 32.2. The van der Waals surface area contributed by atoms with Crippen LogP contribution in [0.2, 0.25) is 0 Å². The number of aromatic nitrogens is 1. The molecule has 0 bridgehead atoms. The van der Waals surface area contributed by atoms with Crippen LogP contribution in [-0.4, -0.2) is 54.3 Å². The number of hydrogen-bond acceptors (Lipinski definition) is 8. The zero-order chi connectivity index (χ0) is 33.7. The van der Waals surface area contributed by atoms with E-state index in [2.05, 4.69) is 14.6 Å². The van der Waals surface area contributed by atoms with E-state index in [1.54, 1.807) is 24.4 Å². The molecule has 48 heavy (non-hydrogen) atoms. The number of nitrogens with zero attached hydrogens (tertiary/aromatic N) is 2. The lowest BCUT2D eigenvalue weighted by atomic mass is 9.98. The molecule has 0 radical (unpaired) electrons. The van der Waals surface area contributed by atoms with Crippen molar-refractivity contribution in [3.8, 4) is 0 Å². The molecule has 4 aromatic carbocycles. The average Bonchev–Trinajstić information content (AvgIpc) is 3.13. The van der Waals surface area contributed by atoms with Crippen LogP contribution in [0.4, 0.5) is 0 Å². The molecule has 6 rings (SSSR count). The van der Waals surface area contributed by atoms with E-state index in [1.165, 1.54) is 0 Å². The van der Waals surface area contributed by atoms with Crippen LogP contribution in [0.3, 0.4) is 0 Å². The van der Waals surface area contributed by atoms with Crippen LogP contribution in [0.5, 0.6) is 0 Å². The summed E-state index contributed by atoms with van der Waals surface area (Å²) in [4.78, 5) is 6.53. The first-order valence-corrected chi connectivity index (χ1v) is 17.6. The Morgan fingerprint density at radius 3 is 2.29 bits per heavy atom. The number of rotatable bonds is 12. The van der Waals surface area contributed by atoms with E-state index in [0.29, 0.717) is 18.5 Å². The second-order valence-corrected chi connectivity index (χ2v) is 14.0. The number of nitrogens with one attached hydrogen (secondary N) is 1. The normalized spacial score (nSPS) is 19.7. The van der Waals surface area contributed by atoms with Gasteiger partial charge in [0.2, 0.25) is 10.0 Å². The Morgan fingerprint density at radius 2 is 1.56 bits per heavy atom. The lowest BCUT2D eigenvalue weighted by molar-refractivity contribution is -0.253. The maximum Gasteiger partial charge on any atom is 0.243 e. The summed E-state index contributed by atoms with van der Waals surface area (Å²) in [5.41, 5.74) is 4.69. The molecule has 0 spiro atoms. The van der Waals surface area contributed by atoms with Gasteiger partial charge < -0.3 is 19.7 Å². The maximum absolute atomic E-state index is 13.2. The number of ether oxygens (including phenoxy) is 2. The van der Waals surface area contributed by atoms with Crippen LogP contribution in [0.25, 0.3) is 10.9 Å². The fourth-order valence-corrected chi connectivity index (χ4v) is 7.23. The van der Waals surface area contributed by atoms with Crippen LogP contribution in [-0.2, 0) is 32.6 Å². The minimum Gasteiger partial charge on any atom is -0.392 e. The van der Waals surface area contributed by atoms with Gasteiger partial charge in [-0.15, -0.1) is 0 Å². The van der Waals surface area contributed by atoms with E-state index in [-0.39, 0.29) is 36.3 Å². The van der Waals surface area contributed by atoms with Crippen molar-refractivity contribution in [3.05, 3.63) is 143 Å². The first-order valence-electron chi connectivity index (χ1n) is 16.1. The van der Waals surface area contributed by atoms with E-state index < -0.39 is 22.4 Å². The summed E-state index contributed by atoms with van der Waals surface area (Å²) in [6.45, 7) is 2.64. The molecule has 3 N–H and O–H groups in total. The van der Waals surface area contributed by atoms with Gasteiger partial charge >= 0.3 is 0 Å². The van der Waals surface area contributed by atoms with Crippen molar-refractivity contribution in [3.63, 3.8) is 0 Å². The summed E-state index contributed by atoms with van der Waals surface area (Å²) in [5.74, 6) is 0.